The predicted molar refractivity (Wildman–Crippen MR) is 70.3 cm³/mol. The Morgan fingerprint density at radius 2 is 2.17 bits per heavy atom. The second kappa shape index (κ2) is 4.69. The number of rotatable bonds is 4. The average molecular weight is 286 g/mol. The Morgan fingerprint density at radius 1 is 1.44 bits per heavy atom. The Morgan fingerprint density at radius 3 is 2.67 bits per heavy atom. The van der Waals surface area contributed by atoms with Crippen molar-refractivity contribution in [3.05, 3.63) is 23.1 Å². The first kappa shape index (κ1) is 13.0. The zero-order valence-corrected chi connectivity index (χ0v) is 11.9. The molecule has 8 heteroatoms. The molecular formula is C10H14N4O2S2. The van der Waals surface area contributed by atoms with Crippen LogP contribution in [0.1, 0.15) is 31.3 Å². The topological polar surface area (TPSA) is 87.7 Å². The SMILES string of the molecule is Cc1csc(NS(=O)(=O)c2cnc(C(C)C)[nH]2)n1. The molecule has 98 valence electrons. The Labute approximate surface area is 110 Å². The first-order valence-corrected chi connectivity index (χ1v) is 7.74. The Bertz CT molecular complexity index is 642. The zero-order valence-electron chi connectivity index (χ0n) is 10.3. The molecule has 0 spiro atoms. The fourth-order valence-corrected chi connectivity index (χ4v) is 3.19. The maximum atomic E-state index is 12.0. The van der Waals surface area contributed by atoms with Gasteiger partial charge in [0.05, 0.1) is 11.9 Å². The molecule has 2 heterocycles. The third-order valence-corrected chi connectivity index (χ3v) is 4.50. The van der Waals surface area contributed by atoms with E-state index in [4.69, 9.17) is 0 Å². The molecule has 0 fully saturated rings. The van der Waals surface area contributed by atoms with Crippen LogP contribution in [-0.2, 0) is 10.0 Å². The molecule has 0 unspecified atom stereocenters. The van der Waals surface area contributed by atoms with Gasteiger partial charge >= 0.3 is 0 Å². The molecule has 0 saturated heterocycles. The van der Waals surface area contributed by atoms with E-state index >= 15 is 0 Å². The molecule has 6 nitrogen and oxygen atoms in total. The normalized spacial score (nSPS) is 12.0. The average Bonchev–Trinajstić information content (AvgIpc) is 2.86. The second-order valence-electron chi connectivity index (χ2n) is 4.19. The highest BCUT2D eigenvalue weighted by molar-refractivity contribution is 7.92. The lowest BCUT2D eigenvalue weighted by molar-refractivity contribution is 0.597. The zero-order chi connectivity index (χ0) is 13.3. The summed E-state index contributed by atoms with van der Waals surface area (Å²) in [5, 5.41) is 2.19. The van der Waals surface area contributed by atoms with E-state index in [-0.39, 0.29) is 10.9 Å². The van der Waals surface area contributed by atoms with E-state index in [0.29, 0.717) is 11.0 Å². The predicted octanol–water partition coefficient (Wildman–Crippen LogP) is 2.10. The quantitative estimate of drug-likeness (QED) is 0.901. The highest BCUT2D eigenvalue weighted by Crippen LogP contribution is 2.20. The van der Waals surface area contributed by atoms with Crippen molar-refractivity contribution >= 4 is 26.5 Å². The van der Waals surface area contributed by atoms with Crippen molar-refractivity contribution in [3.63, 3.8) is 0 Å². The molecule has 0 radical (unpaired) electrons. The summed E-state index contributed by atoms with van der Waals surface area (Å²) in [6, 6.07) is 0. The third-order valence-electron chi connectivity index (χ3n) is 2.25. The molecule has 0 saturated carbocycles. The summed E-state index contributed by atoms with van der Waals surface area (Å²) in [6.45, 7) is 5.68. The Kier molecular flexibility index (Phi) is 3.40. The van der Waals surface area contributed by atoms with Gasteiger partial charge in [0, 0.05) is 11.3 Å². The van der Waals surface area contributed by atoms with E-state index in [9.17, 15) is 8.42 Å². The molecule has 0 aliphatic rings. The van der Waals surface area contributed by atoms with Crippen LogP contribution >= 0.6 is 11.3 Å². The van der Waals surface area contributed by atoms with Crippen LogP contribution in [0.3, 0.4) is 0 Å². The molecule has 0 aliphatic carbocycles. The number of nitrogens with one attached hydrogen (secondary N) is 2. The smallest absolute Gasteiger partial charge is 0.280 e. The molecule has 2 aromatic heterocycles. The first-order chi connectivity index (χ1) is 8.38. The number of nitrogens with zero attached hydrogens (tertiary/aromatic N) is 2. The molecule has 18 heavy (non-hydrogen) atoms. The van der Waals surface area contributed by atoms with Crippen LogP contribution in [0.15, 0.2) is 16.6 Å². The maximum Gasteiger partial charge on any atom is 0.280 e. The molecule has 0 bridgehead atoms. The van der Waals surface area contributed by atoms with E-state index < -0.39 is 10.0 Å². The Hall–Kier alpha value is -1.41. The summed E-state index contributed by atoms with van der Waals surface area (Å²) in [4.78, 5) is 10.9. The summed E-state index contributed by atoms with van der Waals surface area (Å²) in [5.74, 6) is 0.793. The minimum absolute atomic E-state index is 0.0547. The molecule has 2 rings (SSSR count). The number of imidazole rings is 1. The molecular weight excluding hydrogens is 272 g/mol. The van der Waals surface area contributed by atoms with Gasteiger partial charge in [-0.2, -0.15) is 8.42 Å². The number of sulfonamides is 1. The second-order valence-corrected chi connectivity index (χ2v) is 6.70. The van der Waals surface area contributed by atoms with Crippen LogP contribution in [0, 0.1) is 6.92 Å². The summed E-state index contributed by atoms with van der Waals surface area (Å²) in [7, 11) is -3.63. The fourth-order valence-electron chi connectivity index (χ4n) is 1.32. The van der Waals surface area contributed by atoms with Gasteiger partial charge in [-0.05, 0) is 6.92 Å². The van der Waals surface area contributed by atoms with Crippen molar-refractivity contribution in [2.24, 2.45) is 0 Å². The summed E-state index contributed by atoms with van der Waals surface area (Å²) in [5.41, 5.74) is 0.783. The van der Waals surface area contributed by atoms with Crippen LogP contribution in [0.25, 0.3) is 0 Å². The van der Waals surface area contributed by atoms with E-state index in [0.717, 1.165) is 5.69 Å². The van der Waals surface area contributed by atoms with Gasteiger partial charge in [-0.25, -0.2) is 9.97 Å². The molecule has 0 aliphatic heterocycles. The van der Waals surface area contributed by atoms with Crippen LogP contribution in [0.2, 0.25) is 0 Å². The fraction of sp³-hybridized carbons (Fsp3) is 0.400. The standard InChI is InChI=1S/C10H14N4O2S2/c1-6(2)9-11-4-8(13-9)18(15,16)14-10-12-7(3)5-17-10/h4-6H,1-3H3,(H,11,13)(H,12,14). The summed E-state index contributed by atoms with van der Waals surface area (Å²) in [6.07, 6.45) is 1.32. The molecule has 0 amide bonds. The van der Waals surface area contributed by atoms with Crippen molar-refractivity contribution in [1.82, 2.24) is 15.0 Å². The lowest BCUT2D eigenvalue weighted by Gasteiger charge is -2.02. The maximum absolute atomic E-state index is 12.0. The van der Waals surface area contributed by atoms with E-state index in [1.54, 1.807) is 12.3 Å². The van der Waals surface area contributed by atoms with Crippen molar-refractivity contribution in [3.8, 4) is 0 Å². The van der Waals surface area contributed by atoms with E-state index in [1.807, 2.05) is 13.8 Å². The monoisotopic (exact) mass is 286 g/mol. The molecule has 2 aromatic rings. The number of anilines is 1. The number of aryl methyl sites for hydroxylation is 1. The molecule has 0 atom stereocenters. The van der Waals surface area contributed by atoms with Crippen molar-refractivity contribution < 1.29 is 8.42 Å². The number of thiazole rings is 1. The third kappa shape index (κ3) is 2.70. The van der Waals surface area contributed by atoms with Crippen LogP contribution in [0.5, 0.6) is 0 Å². The van der Waals surface area contributed by atoms with Gasteiger partial charge in [0.25, 0.3) is 10.0 Å². The number of aromatic nitrogens is 3. The number of aromatic amines is 1. The van der Waals surface area contributed by atoms with Gasteiger partial charge in [0.2, 0.25) is 0 Å². The van der Waals surface area contributed by atoms with Gasteiger partial charge in [-0.3, -0.25) is 4.72 Å². The summed E-state index contributed by atoms with van der Waals surface area (Å²) >= 11 is 1.25. The van der Waals surface area contributed by atoms with Crippen molar-refractivity contribution in [2.75, 3.05) is 4.72 Å². The van der Waals surface area contributed by atoms with Crippen LogP contribution in [-0.4, -0.2) is 23.4 Å². The molecule has 0 aromatic carbocycles. The van der Waals surface area contributed by atoms with Gasteiger partial charge in [0.1, 0.15) is 5.82 Å². The summed E-state index contributed by atoms with van der Waals surface area (Å²) < 4.78 is 26.5. The number of hydrogen-bond donors (Lipinski definition) is 2. The minimum Gasteiger partial charge on any atom is -0.331 e. The largest absolute Gasteiger partial charge is 0.331 e. The molecule has 2 N–H and O–H groups in total. The lowest BCUT2D eigenvalue weighted by atomic mass is 10.2. The van der Waals surface area contributed by atoms with Gasteiger partial charge in [-0.15, -0.1) is 11.3 Å². The highest BCUT2D eigenvalue weighted by atomic mass is 32.2. The highest BCUT2D eigenvalue weighted by Gasteiger charge is 2.19. The van der Waals surface area contributed by atoms with E-state index in [1.165, 1.54) is 17.5 Å². The number of H-pyrrole nitrogens is 1. The lowest BCUT2D eigenvalue weighted by Crippen LogP contribution is -2.13. The van der Waals surface area contributed by atoms with Crippen LogP contribution < -0.4 is 4.72 Å². The van der Waals surface area contributed by atoms with Gasteiger partial charge in [-0.1, -0.05) is 13.8 Å². The number of hydrogen-bond acceptors (Lipinski definition) is 5. The van der Waals surface area contributed by atoms with Crippen molar-refractivity contribution in [2.45, 2.75) is 31.7 Å². The van der Waals surface area contributed by atoms with Gasteiger partial charge in [0.15, 0.2) is 10.2 Å². The first-order valence-electron chi connectivity index (χ1n) is 5.38. The van der Waals surface area contributed by atoms with Crippen LogP contribution in [0.4, 0.5) is 5.13 Å². The Balaban J connectivity index is 2.25. The van der Waals surface area contributed by atoms with Crippen molar-refractivity contribution in [1.29, 1.82) is 0 Å². The van der Waals surface area contributed by atoms with E-state index in [2.05, 4.69) is 19.7 Å². The minimum atomic E-state index is -3.63. The van der Waals surface area contributed by atoms with Gasteiger partial charge < -0.3 is 4.98 Å².